The third-order valence-electron chi connectivity index (χ3n) is 3.56. The van der Waals surface area contributed by atoms with Gasteiger partial charge in [0.15, 0.2) is 0 Å². The van der Waals surface area contributed by atoms with Crippen LogP contribution in [0.1, 0.15) is 23.2 Å². The molecule has 0 bridgehead atoms. The van der Waals surface area contributed by atoms with Crippen LogP contribution in [0, 0.1) is 0 Å². The van der Waals surface area contributed by atoms with E-state index in [2.05, 4.69) is 0 Å². The summed E-state index contributed by atoms with van der Waals surface area (Å²) >= 11 is 1.60. The molecule has 1 amide bonds. The molecule has 94 valence electrons. The standard InChI is InChI=1S/C14H15NO2S/c16-8-10-4-3-7-15(10)14(17)12-9-18-13-6-2-1-5-11(12)13/h1-2,5-6,9-10,16H,3-4,7-8H2. The number of carbonyl (C=O) groups excluding carboxylic acids is 1. The molecule has 0 spiro atoms. The molecule has 1 saturated heterocycles. The van der Waals surface area contributed by atoms with Gasteiger partial charge in [-0.2, -0.15) is 0 Å². The predicted molar refractivity (Wildman–Crippen MR) is 73.0 cm³/mol. The van der Waals surface area contributed by atoms with Crippen LogP contribution in [0.4, 0.5) is 0 Å². The number of amides is 1. The topological polar surface area (TPSA) is 40.5 Å². The first kappa shape index (κ1) is 11.7. The van der Waals surface area contributed by atoms with Gasteiger partial charge in [0.05, 0.1) is 18.2 Å². The van der Waals surface area contributed by atoms with Crippen molar-refractivity contribution in [2.24, 2.45) is 0 Å². The van der Waals surface area contributed by atoms with Crippen molar-refractivity contribution in [3.8, 4) is 0 Å². The Bertz CT molecular complexity index is 578. The van der Waals surface area contributed by atoms with Crippen LogP contribution < -0.4 is 0 Å². The fraction of sp³-hybridized carbons (Fsp3) is 0.357. The van der Waals surface area contributed by atoms with Gasteiger partial charge in [0, 0.05) is 22.0 Å². The molecule has 1 aromatic carbocycles. The second-order valence-corrected chi connectivity index (χ2v) is 5.53. The maximum Gasteiger partial charge on any atom is 0.255 e. The third-order valence-corrected chi connectivity index (χ3v) is 4.52. The molecule has 18 heavy (non-hydrogen) atoms. The van der Waals surface area contributed by atoms with Crippen LogP contribution in [0.25, 0.3) is 10.1 Å². The van der Waals surface area contributed by atoms with Crippen molar-refractivity contribution in [1.82, 2.24) is 4.90 Å². The van der Waals surface area contributed by atoms with E-state index in [-0.39, 0.29) is 18.6 Å². The van der Waals surface area contributed by atoms with Crippen molar-refractivity contribution in [3.05, 3.63) is 35.2 Å². The summed E-state index contributed by atoms with van der Waals surface area (Å²) in [4.78, 5) is 14.3. The van der Waals surface area contributed by atoms with Crippen LogP contribution in [-0.2, 0) is 0 Å². The molecule has 0 aliphatic carbocycles. The number of thiophene rings is 1. The molecular formula is C14H15NO2S. The van der Waals surface area contributed by atoms with Gasteiger partial charge in [-0.15, -0.1) is 11.3 Å². The van der Waals surface area contributed by atoms with Gasteiger partial charge in [0.25, 0.3) is 5.91 Å². The third kappa shape index (κ3) is 1.82. The van der Waals surface area contributed by atoms with Gasteiger partial charge in [-0.1, -0.05) is 18.2 Å². The average molecular weight is 261 g/mol. The Hall–Kier alpha value is -1.39. The van der Waals surface area contributed by atoms with Gasteiger partial charge in [-0.05, 0) is 18.9 Å². The summed E-state index contributed by atoms with van der Waals surface area (Å²) in [5.74, 6) is 0.0593. The first-order valence-corrected chi connectivity index (χ1v) is 7.07. The Morgan fingerprint density at radius 2 is 2.28 bits per heavy atom. The summed E-state index contributed by atoms with van der Waals surface area (Å²) in [5.41, 5.74) is 0.774. The molecule has 1 fully saturated rings. The summed E-state index contributed by atoms with van der Waals surface area (Å²) in [6, 6.07) is 7.96. The SMILES string of the molecule is O=C(c1csc2ccccc12)N1CCCC1CO. The largest absolute Gasteiger partial charge is 0.394 e. The Morgan fingerprint density at radius 1 is 1.44 bits per heavy atom. The zero-order chi connectivity index (χ0) is 12.5. The number of likely N-dealkylation sites (tertiary alicyclic amines) is 1. The van der Waals surface area contributed by atoms with Crippen LogP contribution in [0.5, 0.6) is 0 Å². The maximum absolute atomic E-state index is 12.5. The molecule has 1 aliphatic rings. The number of hydrogen-bond donors (Lipinski definition) is 1. The van der Waals surface area contributed by atoms with Gasteiger partial charge in [-0.3, -0.25) is 4.79 Å². The number of rotatable bonds is 2. The zero-order valence-corrected chi connectivity index (χ0v) is 10.8. The van der Waals surface area contributed by atoms with Crippen LogP contribution in [0.15, 0.2) is 29.6 Å². The van der Waals surface area contributed by atoms with E-state index in [1.807, 2.05) is 34.5 Å². The van der Waals surface area contributed by atoms with E-state index < -0.39 is 0 Å². The fourth-order valence-corrected chi connectivity index (χ4v) is 3.53. The first-order chi connectivity index (χ1) is 8.81. The predicted octanol–water partition coefficient (Wildman–Crippen LogP) is 2.50. The Morgan fingerprint density at radius 3 is 3.11 bits per heavy atom. The lowest BCUT2D eigenvalue weighted by Gasteiger charge is -2.22. The lowest BCUT2D eigenvalue weighted by molar-refractivity contribution is 0.0680. The van der Waals surface area contributed by atoms with Gasteiger partial charge >= 0.3 is 0 Å². The summed E-state index contributed by atoms with van der Waals surface area (Å²) in [7, 11) is 0. The number of aliphatic hydroxyl groups is 1. The minimum Gasteiger partial charge on any atom is -0.394 e. The van der Waals surface area contributed by atoms with E-state index in [1.165, 1.54) is 0 Å². The molecule has 1 N–H and O–H groups in total. The number of nitrogens with zero attached hydrogens (tertiary/aromatic N) is 1. The summed E-state index contributed by atoms with van der Waals surface area (Å²) in [5, 5.41) is 12.3. The number of fused-ring (bicyclic) bond motifs is 1. The highest BCUT2D eigenvalue weighted by Crippen LogP contribution is 2.28. The zero-order valence-electron chi connectivity index (χ0n) is 10.0. The molecule has 0 radical (unpaired) electrons. The second kappa shape index (κ2) is 4.71. The van der Waals surface area contributed by atoms with Crippen molar-refractivity contribution in [2.45, 2.75) is 18.9 Å². The van der Waals surface area contributed by atoms with Crippen molar-refractivity contribution >= 4 is 27.3 Å². The Labute approximate surface area is 110 Å². The van der Waals surface area contributed by atoms with Crippen molar-refractivity contribution in [2.75, 3.05) is 13.2 Å². The van der Waals surface area contributed by atoms with Crippen LogP contribution in [0.3, 0.4) is 0 Å². The second-order valence-electron chi connectivity index (χ2n) is 4.62. The van der Waals surface area contributed by atoms with Gasteiger partial charge in [0.2, 0.25) is 0 Å². The number of benzene rings is 1. The van der Waals surface area contributed by atoms with Gasteiger partial charge in [0.1, 0.15) is 0 Å². The van der Waals surface area contributed by atoms with Crippen molar-refractivity contribution in [1.29, 1.82) is 0 Å². The lowest BCUT2D eigenvalue weighted by Crippen LogP contribution is -2.37. The highest BCUT2D eigenvalue weighted by molar-refractivity contribution is 7.17. The van der Waals surface area contributed by atoms with Crippen LogP contribution in [-0.4, -0.2) is 35.1 Å². The first-order valence-electron chi connectivity index (χ1n) is 6.19. The quantitative estimate of drug-likeness (QED) is 0.902. The molecule has 3 rings (SSSR count). The van der Waals surface area contributed by atoms with E-state index >= 15 is 0 Å². The van der Waals surface area contributed by atoms with Crippen molar-refractivity contribution < 1.29 is 9.90 Å². The summed E-state index contributed by atoms with van der Waals surface area (Å²) in [6.07, 6.45) is 1.89. The summed E-state index contributed by atoms with van der Waals surface area (Å²) < 4.78 is 1.14. The van der Waals surface area contributed by atoms with Gasteiger partial charge in [-0.25, -0.2) is 0 Å². The van der Waals surface area contributed by atoms with Crippen LogP contribution in [0.2, 0.25) is 0 Å². The van der Waals surface area contributed by atoms with E-state index in [0.717, 1.165) is 35.0 Å². The van der Waals surface area contributed by atoms with E-state index in [0.29, 0.717) is 0 Å². The average Bonchev–Trinajstić information content (AvgIpc) is 3.04. The number of aliphatic hydroxyl groups excluding tert-OH is 1. The normalized spacial score (nSPS) is 19.6. The highest BCUT2D eigenvalue weighted by atomic mass is 32.1. The molecular weight excluding hydrogens is 246 g/mol. The molecule has 1 unspecified atom stereocenters. The highest BCUT2D eigenvalue weighted by Gasteiger charge is 2.29. The van der Waals surface area contributed by atoms with E-state index in [1.54, 1.807) is 11.3 Å². The molecule has 4 heteroatoms. The minimum atomic E-state index is -0.00355. The van der Waals surface area contributed by atoms with Gasteiger partial charge < -0.3 is 10.0 Å². The fourth-order valence-electron chi connectivity index (χ4n) is 2.59. The Balaban J connectivity index is 1.97. The van der Waals surface area contributed by atoms with Crippen LogP contribution >= 0.6 is 11.3 Å². The molecule has 2 aromatic rings. The monoisotopic (exact) mass is 261 g/mol. The molecule has 1 aliphatic heterocycles. The molecule has 0 saturated carbocycles. The molecule has 3 nitrogen and oxygen atoms in total. The minimum absolute atomic E-state index is 0.00355. The Kier molecular flexibility index (Phi) is 3.06. The molecule has 1 aromatic heterocycles. The number of hydrogen-bond acceptors (Lipinski definition) is 3. The molecule has 2 heterocycles. The van der Waals surface area contributed by atoms with E-state index in [9.17, 15) is 9.90 Å². The lowest BCUT2D eigenvalue weighted by atomic mass is 10.1. The smallest absolute Gasteiger partial charge is 0.255 e. The van der Waals surface area contributed by atoms with Crippen molar-refractivity contribution in [3.63, 3.8) is 0 Å². The molecule has 1 atom stereocenters. The number of carbonyl (C=O) groups is 1. The van der Waals surface area contributed by atoms with E-state index in [4.69, 9.17) is 0 Å². The maximum atomic E-state index is 12.5. The summed E-state index contributed by atoms with van der Waals surface area (Å²) in [6.45, 7) is 0.821.